The van der Waals surface area contributed by atoms with Gasteiger partial charge in [-0.25, -0.2) is 4.39 Å². The Kier molecular flexibility index (Phi) is 3.01. The van der Waals surface area contributed by atoms with Gasteiger partial charge in [-0.05, 0) is 30.9 Å². The monoisotopic (exact) mass is 233 g/mol. The second-order valence-corrected chi connectivity index (χ2v) is 4.88. The van der Waals surface area contributed by atoms with E-state index in [1.54, 1.807) is 25.1 Å². The third-order valence-corrected chi connectivity index (χ3v) is 2.82. The zero-order valence-corrected chi connectivity index (χ0v) is 10.3. The van der Waals surface area contributed by atoms with Crippen LogP contribution in [0.2, 0.25) is 0 Å². The van der Waals surface area contributed by atoms with E-state index < -0.39 is 0 Å². The molecule has 2 aromatic rings. The molecule has 0 aliphatic carbocycles. The fraction of sp³-hybridized carbons (Fsp3) is 0.357. The molecule has 0 atom stereocenters. The van der Waals surface area contributed by atoms with Gasteiger partial charge < -0.3 is 4.98 Å². The van der Waals surface area contributed by atoms with Gasteiger partial charge in [-0.3, -0.25) is 4.79 Å². The largest absolute Gasteiger partial charge is 0.356 e. The van der Waals surface area contributed by atoms with E-state index >= 15 is 0 Å². The predicted octanol–water partition coefficient (Wildman–Crippen LogP) is 3.17. The summed E-state index contributed by atoms with van der Waals surface area (Å²) in [5.74, 6) is 0.0983. The van der Waals surface area contributed by atoms with E-state index in [4.69, 9.17) is 0 Å². The van der Waals surface area contributed by atoms with Gasteiger partial charge in [0.1, 0.15) is 5.82 Å². The Morgan fingerprint density at radius 1 is 1.35 bits per heavy atom. The number of fused-ring (bicyclic) bond motifs is 1. The lowest BCUT2D eigenvalue weighted by atomic mass is 10.1. The van der Waals surface area contributed by atoms with Gasteiger partial charge >= 0.3 is 0 Å². The van der Waals surface area contributed by atoms with Crippen LogP contribution in [0.25, 0.3) is 10.9 Å². The topological polar surface area (TPSA) is 32.9 Å². The van der Waals surface area contributed by atoms with Gasteiger partial charge in [0, 0.05) is 17.1 Å². The van der Waals surface area contributed by atoms with Crippen molar-refractivity contribution in [1.29, 1.82) is 0 Å². The van der Waals surface area contributed by atoms with Crippen LogP contribution < -0.4 is 5.43 Å². The molecule has 1 aromatic carbocycles. The van der Waals surface area contributed by atoms with Gasteiger partial charge in [0.05, 0.1) is 5.52 Å². The van der Waals surface area contributed by atoms with Crippen molar-refractivity contribution in [3.63, 3.8) is 0 Å². The number of aryl methyl sites for hydroxylation is 1. The SMILES string of the molecule is Cc1ccc2c(=O)cc(CC(C)C)[nH]c2c1F. The van der Waals surface area contributed by atoms with Gasteiger partial charge in [-0.1, -0.05) is 19.9 Å². The molecular weight excluding hydrogens is 217 g/mol. The molecule has 0 bridgehead atoms. The summed E-state index contributed by atoms with van der Waals surface area (Å²) >= 11 is 0. The highest BCUT2D eigenvalue weighted by atomic mass is 19.1. The normalized spacial score (nSPS) is 11.4. The van der Waals surface area contributed by atoms with E-state index in [1.165, 1.54) is 0 Å². The summed E-state index contributed by atoms with van der Waals surface area (Å²) < 4.78 is 13.9. The minimum absolute atomic E-state index is 0.117. The first kappa shape index (κ1) is 11.8. The van der Waals surface area contributed by atoms with Gasteiger partial charge in [-0.15, -0.1) is 0 Å². The lowest BCUT2D eigenvalue weighted by Crippen LogP contribution is -2.08. The first-order valence-corrected chi connectivity index (χ1v) is 5.80. The molecule has 0 fully saturated rings. The molecule has 3 heteroatoms. The Morgan fingerprint density at radius 3 is 2.71 bits per heavy atom. The maximum absolute atomic E-state index is 13.9. The van der Waals surface area contributed by atoms with Crippen LogP contribution in [0.4, 0.5) is 4.39 Å². The Bertz CT molecular complexity index is 613. The van der Waals surface area contributed by atoms with Crippen molar-refractivity contribution in [2.75, 3.05) is 0 Å². The second-order valence-electron chi connectivity index (χ2n) is 4.88. The molecule has 1 heterocycles. The van der Waals surface area contributed by atoms with Crippen molar-refractivity contribution in [2.24, 2.45) is 5.92 Å². The molecule has 0 amide bonds. The minimum atomic E-state index is -0.329. The average Bonchev–Trinajstić information content (AvgIpc) is 2.23. The first-order chi connectivity index (χ1) is 7.99. The molecule has 0 aliphatic heterocycles. The number of hydrogen-bond donors (Lipinski definition) is 1. The van der Waals surface area contributed by atoms with Gasteiger partial charge in [0.15, 0.2) is 5.43 Å². The van der Waals surface area contributed by atoms with Crippen LogP contribution in [0, 0.1) is 18.7 Å². The van der Waals surface area contributed by atoms with Crippen molar-refractivity contribution < 1.29 is 4.39 Å². The Morgan fingerprint density at radius 2 is 2.06 bits per heavy atom. The molecule has 0 saturated carbocycles. The molecule has 2 rings (SSSR count). The van der Waals surface area contributed by atoms with Crippen molar-refractivity contribution in [2.45, 2.75) is 27.2 Å². The van der Waals surface area contributed by atoms with Gasteiger partial charge in [0.25, 0.3) is 0 Å². The molecule has 1 N–H and O–H groups in total. The molecule has 90 valence electrons. The molecule has 2 nitrogen and oxygen atoms in total. The molecular formula is C14H16FNO. The molecule has 0 radical (unpaired) electrons. The van der Waals surface area contributed by atoms with E-state index in [2.05, 4.69) is 18.8 Å². The van der Waals surface area contributed by atoms with Crippen molar-refractivity contribution in [3.05, 3.63) is 45.5 Å². The number of aromatic nitrogens is 1. The Hall–Kier alpha value is -1.64. The highest BCUT2D eigenvalue weighted by Crippen LogP contribution is 2.17. The third-order valence-electron chi connectivity index (χ3n) is 2.82. The van der Waals surface area contributed by atoms with E-state index in [0.717, 1.165) is 12.1 Å². The predicted molar refractivity (Wildman–Crippen MR) is 67.8 cm³/mol. The number of halogens is 1. The van der Waals surface area contributed by atoms with Crippen LogP contribution in [0.15, 0.2) is 23.0 Å². The summed E-state index contributed by atoms with van der Waals surface area (Å²) in [4.78, 5) is 14.9. The molecule has 0 spiro atoms. The number of aromatic amines is 1. The maximum Gasteiger partial charge on any atom is 0.189 e. The summed E-state index contributed by atoms with van der Waals surface area (Å²) in [6.07, 6.45) is 0.749. The van der Waals surface area contributed by atoms with Crippen LogP contribution in [0.3, 0.4) is 0 Å². The van der Waals surface area contributed by atoms with Crippen LogP contribution in [0.1, 0.15) is 25.1 Å². The quantitative estimate of drug-likeness (QED) is 0.849. The summed E-state index contributed by atoms with van der Waals surface area (Å²) in [7, 11) is 0. The first-order valence-electron chi connectivity index (χ1n) is 5.80. The van der Waals surface area contributed by atoms with Crippen molar-refractivity contribution in [3.8, 4) is 0 Å². The van der Waals surface area contributed by atoms with Crippen LogP contribution in [-0.4, -0.2) is 4.98 Å². The molecule has 17 heavy (non-hydrogen) atoms. The fourth-order valence-corrected chi connectivity index (χ4v) is 1.99. The summed E-state index contributed by atoms with van der Waals surface area (Å²) in [5, 5.41) is 0.417. The highest BCUT2D eigenvalue weighted by Gasteiger charge is 2.09. The van der Waals surface area contributed by atoms with Crippen molar-refractivity contribution >= 4 is 10.9 Å². The number of pyridine rings is 1. The number of rotatable bonds is 2. The smallest absolute Gasteiger partial charge is 0.189 e. The van der Waals surface area contributed by atoms with E-state index in [0.29, 0.717) is 22.4 Å². The van der Waals surface area contributed by atoms with Gasteiger partial charge in [0.2, 0.25) is 0 Å². The molecule has 0 saturated heterocycles. The minimum Gasteiger partial charge on any atom is -0.356 e. The lowest BCUT2D eigenvalue weighted by molar-refractivity contribution is 0.619. The van der Waals surface area contributed by atoms with Crippen molar-refractivity contribution in [1.82, 2.24) is 4.98 Å². The number of nitrogens with one attached hydrogen (secondary N) is 1. The lowest BCUT2D eigenvalue weighted by Gasteiger charge is -2.08. The van der Waals surface area contributed by atoms with Crippen LogP contribution in [-0.2, 0) is 6.42 Å². The average molecular weight is 233 g/mol. The maximum atomic E-state index is 13.9. The molecule has 1 aromatic heterocycles. The van der Waals surface area contributed by atoms with E-state index in [1.807, 2.05) is 0 Å². The summed E-state index contributed by atoms with van der Waals surface area (Å²) in [5.41, 5.74) is 1.55. The molecule has 0 aliphatic rings. The summed E-state index contributed by atoms with van der Waals surface area (Å²) in [6, 6.07) is 4.87. The third kappa shape index (κ3) is 2.23. The van der Waals surface area contributed by atoms with Gasteiger partial charge in [-0.2, -0.15) is 0 Å². The van der Waals surface area contributed by atoms with E-state index in [9.17, 15) is 9.18 Å². The van der Waals surface area contributed by atoms with Crippen LogP contribution in [0.5, 0.6) is 0 Å². The molecule has 0 unspecified atom stereocenters. The zero-order valence-electron chi connectivity index (χ0n) is 10.3. The standard InChI is InChI=1S/C14H16FNO/c1-8(2)6-10-7-12(17)11-5-4-9(3)13(15)14(11)16-10/h4-5,7-8H,6H2,1-3H3,(H,16,17). The number of hydrogen-bond acceptors (Lipinski definition) is 1. The zero-order chi connectivity index (χ0) is 12.6. The van der Waals surface area contributed by atoms with Crippen LogP contribution >= 0.6 is 0 Å². The Labute approximate surface area is 99.5 Å². The summed E-state index contributed by atoms with van der Waals surface area (Å²) in [6.45, 7) is 5.83. The Balaban J connectivity index is 2.70. The fourth-order valence-electron chi connectivity index (χ4n) is 1.99. The second kappa shape index (κ2) is 4.32. The number of benzene rings is 1. The number of H-pyrrole nitrogens is 1. The highest BCUT2D eigenvalue weighted by molar-refractivity contribution is 5.79. The van der Waals surface area contributed by atoms with E-state index in [-0.39, 0.29) is 11.2 Å².